The van der Waals surface area contributed by atoms with Crippen molar-refractivity contribution in [2.45, 2.75) is 26.2 Å². The Hall–Kier alpha value is -12.4. The highest BCUT2D eigenvalue weighted by Gasteiger charge is 2.46. The molecule has 0 fully saturated rings. The minimum absolute atomic E-state index is 0.00846. The summed E-state index contributed by atoms with van der Waals surface area (Å²) in [5.41, 5.74) is 16.4. The van der Waals surface area contributed by atoms with Gasteiger partial charge in [0.05, 0.1) is 22.3 Å². The molecule has 2 aliphatic heterocycles. The number of benzene rings is 15. The van der Waals surface area contributed by atoms with Gasteiger partial charge in [-0.3, -0.25) is 0 Å². The second-order valence-corrected chi connectivity index (χ2v) is 26.7. The van der Waals surface area contributed by atoms with Gasteiger partial charge in [-0.25, -0.2) is 0 Å². The maximum Gasteiger partial charge on any atom is 0.252 e. The van der Waals surface area contributed by atoms with Gasteiger partial charge in [-0.1, -0.05) is 336 Å². The molecule has 19 rings (SSSR count). The molecule has 0 saturated heterocycles. The van der Waals surface area contributed by atoms with E-state index in [0.717, 1.165) is 66.1 Å². The summed E-state index contributed by atoms with van der Waals surface area (Å²) < 4.78 is 102. The Morgan fingerprint density at radius 2 is 0.566 bits per heavy atom. The average Bonchev–Trinajstić information content (AvgIpc) is 1.08. The lowest BCUT2D eigenvalue weighted by Gasteiger charge is -2.46. The highest BCUT2D eigenvalue weighted by Crippen LogP contribution is 2.55. The molecule has 15 aromatic carbocycles. The van der Waals surface area contributed by atoms with E-state index in [2.05, 4.69) is 34.1 Å². The van der Waals surface area contributed by atoms with Crippen molar-refractivity contribution < 1.29 is 19.8 Å². The molecule has 0 bridgehead atoms. The first-order chi connectivity index (χ1) is 52.1. The molecule has 466 valence electrons. The summed E-state index contributed by atoms with van der Waals surface area (Å²) in [6.45, 7) is 4.85. The zero-order valence-electron chi connectivity index (χ0n) is 62.5. The van der Waals surface area contributed by atoms with E-state index in [0.29, 0.717) is 112 Å². The van der Waals surface area contributed by atoms with Crippen molar-refractivity contribution in [3.05, 3.63) is 345 Å². The topological polar surface area (TPSA) is 32.8 Å². The minimum atomic E-state index is -1.20. The first kappa shape index (κ1) is 50.0. The maximum atomic E-state index is 11.6. The van der Waals surface area contributed by atoms with Crippen molar-refractivity contribution in [1.29, 1.82) is 0 Å². The molecule has 0 amide bonds. The van der Waals surface area contributed by atoms with Gasteiger partial charge in [0.15, 0.2) is 0 Å². The number of nitrogens with zero attached hydrogens (tertiary/aromatic N) is 2. The zero-order valence-corrected chi connectivity index (χ0v) is 54.5. The average molecular weight is 1270 g/mol. The summed E-state index contributed by atoms with van der Waals surface area (Å²) in [5.74, 6) is 0. The normalized spacial score (nSPS) is 13.7. The summed E-state index contributed by atoms with van der Waals surface area (Å²) >= 11 is 0. The summed E-state index contributed by atoms with van der Waals surface area (Å²) in [4.78, 5) is 4.10. The van der Waals surface area contributed by atoms with E-state index in [1.165, 1.54) is 0 Å². The Balaban J connectivity index is 1.02. The van der Waals surface area contributed by atoms with Crippen LogP contribution in [0.2, 0.25) is 0 Å². The number of hydrogen-bond acceptors (Lipinski definition) is 4. The maximum absolute atomic E-state index is 11.6. The monoisotopic (exact) mass is 1270 g/mol. The van der Waals surface area contributed by atoms with Crippen molar-refractivity contribution in [1.82, 2.24) is 0 Å². The summed E-state index contributed by atoms with van der Waals surface area (Å²) in [5, 5.41) is 3.31. The molecule has 0 unspecified atom stereocenters. The van der Waals surface area contributed by atoms with Gasteiger partial charge in [0.25, 0.3) is 6.71 Å². The fourth-order valence-corrected chi connectivity index (χ4v) is 15.2. The molecule has 2 aromatic heterocycles. The highest BCUT2D eigenvalue weighted by atomic mass is 16.3. The van der Waals surface area contributed by atoms with Crippen LogP contribution in [-0.4, -0.2) is 6.71 Å². The summed E-state index contributed by atoms with van der Waals surface area (Å²) in [6.07, 6.45) is 0. The van der Waals surface area contributed by atoms with E-state index in [9.17, 15) is 11.0 Å². The number of fused-ring (bicyclic) bond motifs is 10. The third-order valence-electron chi connectivity index (χ3n) is 19.8. The SMILES string of the molecule is [2H]c1cc(-c2ccccc2)c(N2c3cc([2H])c(-c4cccc5c4oc4c(-c6ccccc6)cccc45)c([2H])c3B3c4c(cc([2H])c(-c5cccc6c5oc5c(-c7ccccc7)cccc56)c4[2H])N(c4c(-c5ccccc5)cc([2H])cc4-c4ccccc4)c4c([2H])c(C(C)(C)C)c([2H])c2c43)c(-c2ccccc2)c1. The van der Waals surface area contributed by atoms with Gasteiger partial charge >= 0.3 is 0 Å². The van der Waals surface area contributed by atoms with Crippen LogP contribution >= 0.6 is 0 Å². The standard InChI is InChI=1S/C94H65BN2O2/c1-94(2,3)68-58-85-87-86(59-68)97(89-71(62-32-14-6-15-33-62)42-23-43-72(89)63-34-16-7-17-35-63)84-55-53-67(76-47-27-51-80-78-49-25-45-74(91(78)99-93(76)80)65-38-20-9-21-39-65)57-82(84)95(87)81-56-66(75-46-26-50-79-77-48-24-44-73(90(77)98-92(75)79)64-36-18-8-19-37-64)52-54-83(81)96(85)88-69(60-28-10-4-11-29-60)40-22-41-70(88)61-30-12-5-13-31-61/h4-59H,1-3H3/i22D,23D,52D,53D,56D,57D,58D,59D. The molecule has 99 heavy (non-hydrogen) atoms. The van der Waals surface area contributed by atoms with Crippen LogP contribution in [0.5, 0.6) is 0 Å². The third-order valence-corrected chi connectivity index (χ3v) is 19.8. The van der Waals surface area contributed by atoms with Crippen molar-refractivity contribution in [2.75, 3.05) is 9.80 Å². The van der Waals surface area contributed by atoms with E-state index in [4.69, 9.17) is 8.83 Å². The number of furan rings is 2. The van der Waals surface area contributed by atoms with Gasteiger partial charge in [0.2, 0.25) is 0 Å². The Labute approximate surface area is 587 Å². The van der Waals surface area contributed by atoms with Gasteiger partial charge in [-0.2, -0.15) is 0 Å². The molecule has 5 heteroatoms. The lowest BCUT2D eigenvalue weighted by molar-refractivity contribution is 0.590. The molecule has 0 N–H and O–H groups in total. The van der Waals surface area contributed by atoms with E-state index in [1.807, 2.05) is 288 Å². The van der Waals surface area contributed by atoms with Crippen LogP contribution in [-0.2, 0) is 5.41 Å². The van der Waals surface area contributed by atoms with Crippen molar-refractivity contribution in [3.8, 4) is 89.0 Å². The molecule has 4 nitrogen and oxygen atoms in total. The molecule has 4 heterocycles. The molecule has 17 aromatic rings. The first-order valence-electron chi connectivity index (χ1n) is 37.7. The number of rotatable bonds is 10. The van der Waals surface area contributed by atoms with Gasteiger partial charge < -0.3 is 18.6 Å². The van der Waals surface area contributed by atoms with Crippen LogP contribution in [0.4, 0.5) is 34.1 Å². The first-order valence-corrected chi connectivity index (χ1v) is 33.7. The van der Waals surface area contributed by atoms with Crippen LogP contribution in [0.1, 0.15) is 37.3 Å². The van der Waals surface area contributed by atoms with Crippen LogP contribution in [0.15, 0.2) is 348 Å². The predicted octanol–water partition coefficient (Wildman–Crippen LogP) is 24.2. The van der Waals surface area contributed by atoms with Crippen LogP contribution in [0, 0.1) is 0 Å². The second-order valence-electron chi connectivity index (χ2n) is 26.7. The molecular formula is C94H65BN2O2. The highest BCUT2D eigenvalue weighted by molar-refractivity contribution is 7.00. The van der Waals surface area contributed by atoms with Crippen molar-refractivity contribution in [2.24, 2.45) is 0 Å². The molecule has 0 radical (unpaired) electrons. The van der Waals surface area contributed by atoms with Crippen LogP contribution < -0.4 is 26.2 Å². The summed E-state index contributed by atoms with van der Waals surface area (Å²) in [7, 11) is 0. The minimum Gasteiger partial charge on any atom is -0.455 e. The zero-order chi connectivity index (χ0) is 72.8. The van der Waals surface area contributed by atoms with E-state index in [-0.39, 0.29) is 59.5 Å². The molecule has 0 spiro atoms. The van der Waals surface area contributed by atoms with Gasteiger partial charge in [0, 0.05) is 88.8 Å². The van der Waals surface area contributed by atoms with Gasteiger partial charge in [-0.15, -0.1) is 0 Å². The molecule has 2 aliphatic rings. The Morgan fingerprint density at radius 1 is 0.283 bits per heavy atom. The van der Waals surface area contributed by atoms with E-state index >= 15 is 0 Å². The van der Waals surface area contributed by atoms with Gasteiger partial charge in [-0.05, 0) is 96.1 Å². The number of para-hydroxylation sites is 6. The number of anilines is 6. The quantitative estimate of drug-likeness (QED) is 0.128. The molecule has 0 aliphatic carbocycles. The lowest BCUT2D eigenvalue weighted by atomic mass is 9.33. The fourth-order valence-electron chi connectivity index (χ4n) is 15.2. The largest absolute Gasteiger partial charge is 0.455 e. The molecule has 0 saturated carbocycles. The number of hydrogen-bond donors (Lipinski definition) is 0. The fraction of sp³-hybridized carbons (Fsp3) is 0.0426. The third kappa shape index (κ3) is 9.44. The molecular weight excluding hydrogens is 1200 g/mol. The molecule has 0 atom stereocenters. The second kappa shape index (κ2) is 23.2. The Bertz CT molecular complexity index is 6020. The Kier molecular flexibility index (Phi) is 11.7. The Morgan fingerprint density at radius 3 is 0.859 bits per heavy atom. The van der Waals surface area contributed by atoms with Crippen molar-refractivity contribution in [3.63, 3.8) is 0 Å². The smallest absolute Gasteiger partial charge is 0.252 e. The van der Waals surface area contributed by atoms with Crippen LogP contribution in [0.3, 0.4) is 0 Å². The van der Waals surface area contributed by atoms with Crippen molar-refractivity contribution >= 4 is 101 Å². The van der Waals surface area contributed by atoms with Crippen LogP contribution in [0.25, 0.3) is 133 Å². The predicted molar refractivity (Wildman–Crippen MR) is 417 cm³/mol. The summed E-state index contributed by atoms with van der Waals surface area (Å²) in [6, 6.07) is 95.2. The van der Waals surface area contributed by atoms with E-state index < -0.39 is 12.1 Å². The van der Waals surface area contributed by atoms with Gasteiger partial charge in [0.1, 0.15) is 22.3 Å². The lowest BCUT2D eigenvalue weighted by Crippen LogP contribution is -2.61. The van der Waals surface area contributed by atoms with E-state index in [1.54, 1.807) is 0 Å².